The molecule has 0 saturated heterocycles. The van der Waals surface area contributed by atoms with Crippen molar-refractivity contribution in [3.63, 3.8) is 0 Å². The number of H-pyrrole nitrogens is 1. The van der Waals surface area contributed by atoms with E-state index >= 15 is 0 Å². The van der Waals surface area contributed by atoms with E-state index in [-0.39, 0.29) is 6.04 Å². The Kier molecular flexibility index (Phi) is 3.17. The van der Waals surface area contributed by atoms with Gasteiger partial charge in [-0.05, 0) is 13.8 Å². The maximum atomic E-state index is 5.13. The summed E-state index contributed by atoms with van der Waals surface area (Å²) in [5.74, 6) is 2.04. The summed E-state index contributed by atoms with van der Waals surface area (Å²) in [6, 6.07) is -0.0178. The second-order valence-corrected chi connectivity index (χ2v) is 3.59. The number of nitrogens with one attached hydrogen (secondary N) is 2. The number of hydrogen-bond acceptors (Lipinski definition) is 6. The zero-order chi connectivity index (χ0) is 12.3. The molecule has 0 radical (unpaired) electrons. The van der Waals surface area contributed by atoms with Crippen LogP contribution in [0, 0.1) is 6.92 Å². The highest BCUT2D eigenvalue weighted by Gasteiger charge is 2.12. The van der Waals surface area contributed by atoms with Gasteiger partial charge in [0.05, 0.1) is 18.7 Å². The fourth-order valence-corrected chi connectivity index (χ4v) is 1.48. The molecular formula is C10H14N6O. The third-order valence-electron chi connectivity index (χ3n) is 2.43. The van der Waals surface area contributed by atoms with Crippen LogP contribution in [0.2, 0.25) is 0 Å². The van der Waals surface area contributed by atoms with Gasteiger partial charge in [0.1, 0.15) is 24.3 Å². The molecule has 90 valence electrons. The molecule has 0 amide bonds. The number of aromatic amines is 1. The minimum Gasteiger partial charge on any atom is -0.481 e. The first-order chi connectivity index (χ1) is 8.22. The lowest BCUT2D eigenvalue weighted by atomic mass is 10.2. The molecule has 0 aliphatic rings. The van der Waals surface area contributed by atoms with Crippen LogP contribution in [0.1, 0.15) is 24.4 Å². The third kappa shape index (κ3) is 2.32. The largest absolute Gasteiger partial charge is 0.481 e. The maximum absolute atomic E-state index is 5.13. The predicted molar refractivity (Wildman–Crippen MR) is 61.7 cm³/mol. The molecule has 2 N–H and O–H groups in total. The lowest BCUT2D eigenvalue weighted by Gasteiger charge is -2.14. The monoisotopic (exact) mass is 234 g/mol. The van der Waals surface area contributed by atoms with Gasteiger partial charge in [-0.1, -0.05) is 0 Å². The van der Waals surface area contributed by atoms with Gasteiger partial charge in [0.2, 0.25) is 5.88 Å². The Morgan fingerprint density at radius 1 is 1.29 bits per heavy atom. The van der Waals surface area contributed by atoms with Gasteiger partial charge in [-0.15, -0.1) is 0 Å². The summed E-state index contributed by atoms with van der Waals surface area (Å²) < 4.78 is 5.13. The molecular weight excluding hydrogens is 220 g/mol. The Balaban J connectivity index is 2.19. The molecule has 0 aliphatic carbocycles. The fourth-order valence-electron chi connectivity index (χ4n) is 1.48. The second kappa shape index (κ2) is 4.77. The van der Waals surface area contributed by atoms with Gasteiger partial charge in [-0.25, -0.2) is 15.0 Å². The Hall–Kier alpha value is -2.18. The van der Waals surface area contributed by atoms with Crippen molar-refractivity contribution in [2.75, 3.05) is 12.4 Å². The number of methoxy groups -OCH3 is 1. The molecule has 0 fully saturated rings. The molecule has 0 aliphatic heterocycles. The van der Waals surface area contributed by atoms with Crippen molar-refractivity contribution in [3.05, 3.63) is 24.0 Å². The van der Waals surface area contributed by atoms with Crippen LogP contribution in [-0.4, -0.2) is 32.3 Å². The second-order valence-electron chi connectivity index (χ2n) is 3.59. The zero-order valence-electron chi connectivity index (χ0n) is 9.93. The van der Waals surface area contributed by atoms with Crippen molar-refractivity contribution in [2.24, 2.45) is 0 Å². The number of anilines is 1. The summed E-state index contributed by atoms with van der Waals surface area (Å²) >= 11 is 0. The van der Waals surface area contributed by atoms with E-state index in [1.54, 1.807) is 7.11 Å². The van der Waals surface area contributed by atoms with Gasteiger partial charge in [-0.2, -0.15) is 5.10 Å². The number of hydrogen-bond donors (Lipinski definition) is 2. The summed E-state index contributed by atoms with van der Waals surface area (Å²) in [6.45, 7) is 3.86. The zero-order valence-corrected chi connectivity index (χ0v) is 9.93. The highest BCUT2D eigenvalue weighted by atomic mass is 16.5. The average molecular weight is 234 g/mol. The molecule has 2 rings (SSSR count). The van der Waals surface area contributed by atoms with Crippen LogP contribution < -0.4 is 10.1 Å². The Labute approximate surface area is 98.7 Å². The van der Waals surface area contributed by atoms with Crippen LogP contribution in [0.5, 0.6) is 5.88 Å². The minimum absolute atomic E-state index is 0.0178. The molecule has 0 bridgehead atoms. The van der Waals surface area contributed by atoms with Gasteiger partial charge < -0.3 is 10.1 Å². The molecule has 0 aromatic carbocycles. The van der Waals surface area contributed by atoms with Crippen LogP contribution in [0.25, 0.3) is 0 Å². The van der Waals surface area contributed by atoms with Gasteiger partial charge in [-0.3, -0.25) is 5.10 Å². The summed E-state index contributed by atoms with van der Waals surface area (Å²) in [5.41, 5.74) is 0.862. The van der Waals surface area contributed by atoms with Crippen LogP contribution in [0.3, 0.4) is 0 Å². The highest BCUT2D eigenvalue weighted by Crippen LogP contribution is 2.22. The lowest BCUT2D eigenvalue weighted by molar-refractivity contribution is 0.393. The number of nitrogens with zero attached hydrogens (tertiary/aromatic N) is 4. The lowest BCUT2D eigenvalue weighted by Crippen LogP contribution is -2.11. The van der Waals surface area contributed by atoms with E-state index in [0.29, 0.717) is 5.88 Å². The summed E-state index contributed by atoms with van der Waals surface area (Å²) in [7, 11) is 1.58. The Morgan fingerprint density at radius 3 is 2.76 bits per heavy atom. The molecule has 0 spiro atoms. The Bertz CT molecular complexity index is 484. The Morgan fingerprint density at radius 2 is 2.12 bits per heavy atom. The topological polar surface area (TPSA) is 88.6 Å². The smallest absolute Gasteiger partial charge is 0.221 e. The third-order valence-corrected chi connectivity index (χ3v) is 2.43. The van der Waals surface area contributed by atoms with Gasteiger partial charge in [0.25, 0.3) is 0 Å². The summed E-state index contributed by atoms with van der Waals surface area (Å²) in [6.07, 6.45) is 2.93. The fraction of sp³-hybridized carbons (Fsp3) is 0.400. The van der Waals surface area contributed by atoms with E-state index in [1.165, 1.54) is 12.7 Å². The standard InChI is InChI=1S/C10H14N6O/c1-6-8(11-4-13-10(6)17-3)15-7(2)9-12-5-14-16-9/h4-5,7H,1-3H3,(H,11,13,15)(H,12,14,16). The number of aromatic nitrogens is 5. The van der Waals surface area contributed by atoms with Gasteiger partial charge in [0, 0.05) is 0 Å². The molecule has 2 heterocycles. The van der Waals surface area contributed by atoms with E-state index in [4.69, 9.17) is 4.74 Å². The quantitative estimate of drug-likeness (QED) is 0.823. The van der Waals surface area contributed by atoms with E-state index in [1.807, 2.05) is 13.8 Å². The minimum atomic E-state index is -0.0178. The molecule has 1 atom stereocenters. The summed E-state index contributed by atoms with van der Waals surface area (Å²) in [5, 5.41) is 9.84. The molecule has 2 aromatic rings. The molecule has 7 heteroatoms. The van der Waals surface area contributed by atoms with Gasteiger partial charge in [0.15, 0.2) is 0 Å². The van der Waals surface area contributed by atoms with Crippen LogP contribution in [-0.2, 0) is 0 Å². The number of ether oxygens (including phenoxy) is 1. The van der Waals surface area contributed by atoms with Crippen LogP contribution in [0.4, 0.5) is 5.82 Å². The first kappa shape index (κ1) is 11.3. The van der Waals surface area contributed by atoms with E-state index < -0.39 is 0 Å². The molecule has 7 nitrogen and oxygen atoms in total. The normalized spacial score (nSPS) is 12.2. The van der Waals surface area contributed by atoms with Crippen molar-refractivity contribution < 1.29 is 4.74 Å². The SMILES string of the molecule is COc1ncnc(NC(C)c2ncn[nH]2)c1C. The number of rotatable bonds is 4. The summed E-state index contributed by atoms with van der Waals surface area (Å²) in [4.78, 5) is 12.3. The van der Waals surface area contributed by atoms with Crippen LogP contribution >= 0.6 is 0 Å². The van der Waals surface area contributed by atoms with Crippen molar-refractivity contribution in [1.82, 2.24) is 25.1 Å². The average Bonchev–Trinajstić information content (AvgIpc) is 2.85. The molecule has 1 unspecified atom stereocenters. The van der Waals surface area contributed by atoms with Crippen LogP contribution in [0.15, 0.2) is 12.7 Å². The molecule has 0 saturated carbocycles. The highest BCUT2D eigenvalue weighted by molar-refractivity contribution is 5.48. The van der Waals surface area contributed by atoms with E-state index in [0.717, 1.165) is 17.2 Å². The van der Waals surface area contributed by atoms with Crippen molar-refractivity contribution >= 4 is 5.82 Å². The molecule has 17 heavy (non-hydrogen) atoms. The van der Waals surface area contributed by atoms with E-state index in [9.17, 15) is 0 Å². The first-order valence-electron chi connectivity index (χ1n) is 5.19. The molecule has 2 aromatic heterocycles. The van der Waals surface area contributed by atoms with Crippen molar-refractivity contribution in [2.45, 2.75) is 19.9 Å². The maximum Gasteiger partial charge on any atom is 0.221 e. The van der Waals surface area contributed by atoms with E-state index in [2.05, 4.69) is 30.5 Å². The van der Waals surface area contributed by atoms with Crippen molar-refractivity contribution in [3.8, 4) is 5.88 Å². The first-order valence-corrected chi connectivity index (χ1v) is 5.19. The van der Waals surface area contributed by atoms with Gasteiger partial charge >= 0.3 is 0 Å². The van der Waals surface area contributed by atoms with Crippen molar-refractivity contribution in [1.29, 1.82) is 0 Å². The predicted octanol–water partition coefficient (Wildman–Crippen LogP) is 1.08.